The summed E-state index contributed by atoms with van der Waals surface area (Å²) in [6.45, 7) is 4.96. The zero-order valence-electron chi connectivity index (χ0n) is 9.63. The van der Waals surface area contributed by atoms with Gasteiger partial charge in [-0.25, -0.2) is 0 Å². The molecule has 0 unspecified atom stereocenters. The summed E-state index contributed by atoms with van der Waals surface area (Å²) < 4.78 is 0. The molecular formula is C12H24N2. The van der Waals surface area contributed by atoms with Crippen molar-refractivity contribution in [2.45, 2.75) is 51.1 Å². The highest BCUT2D eigenvalue weighted by Crippen LogP contribution is 2.26. The topological polar surface area (TPSA) is 15.3 Å². The third kappa shape index (κ3) is 2.48. The molecule has 2 heteroatoms. The van der Waals surface area contributed by atoms with Crippen LogP contribution < -0.4 is 5.32 Å². The van der Waals surface area contributed by atoms with Crippen molar-refractivity contribution >= 4 is 0 Å². The van der Waals surface area contributed by atoms with E-state index in [1.807, 2.05) is 0 Å². The van der Waals surface area contributed by atoms with E-state index < -0.39 is 0 Å². The van der Waals surface area contributed by atoms with Crippen molar-refractivity contribution < 1.29 is 0 Å². The average Bonchev–Trinajstić information content (AvgIpc) is 2.56. The predicted molar refractivity (Wildman–Crippen MR) is 60.5 cm³/mol. The molecule has 2 aliphatic rings. The normalized spacial score (nSPS) is 36.4. The Labute approximate surface area is 88.1 Å². The summed E-state index contributed by atoms with van der Waals surface area (Å²) in [5, 5.41) is 3.86. The van der Waals surface area contributed by atoms with Crippen molar-refractivity contribution in [1.29, 1.82) is 0 Å². The maximum atomic E-state index is 3.86. The van der Waals surface area contributed by atoms with Crippen LogP contribution in [0.25, 0.3) is 0 Å². The van der Waals surface area contributed by atoms with Crippen LogP contribution >= 0.6 is 0 Å². The third-order valence-electron chi connectivity index (χ3n) is 4.03. The third-order valence-corrected chi connectivity index (χ3v) is 4.03. The van der Waals surface area contributed by atoms with Crippen LogP contribution in [0.3, 0.4) is 0 Å². The summed E-state index contributed by atoms with van der Waals surface area (Å²) in [6, 6.07) is 1.63. The van der Waals surface area contributed by atoms with Gasteiger partial charge >= 0.3 is 0 Å². The lowest BCUT2D eigenvalue weighted by molar-refractivity contribution is 0.217. The highest BCUT2D eigenvalue weighted by atomic mass is 15.1. The first kappa shape index (κ1) is 10.4. The first-order chi connectivity index (χ1) is 6.75. The summed E-state index contributed by atoms with van der Waals surface area (Å²) in [4.78, 5) is 2.44. The zero-order valence-corrected chi connectivity index (χ0v) is 9.63. The van der Waals surface area contributed by atoms with E-state index in [0.29, 0.717) is 0 Å². The van der Waals surface area contributed by atoms with Crippen LogP contribution in [-0.4, -0.2) is 37.1 Å². The number of hydrogen-bond acceptors (Lipinski definition) is 2. The Morgan fingerprint density at radius 3 is 2.36 bits per heavy atom. The molecule has 0 bridgehead atoms. The second-order valence-corrected chi connectivity index (χ2v) is 5.26. The molecule has 1 aliphatic carbocycles. The van der Waals surface area contributed by atoms with Gasteiger partial charge in [0.15, 0.2) is 0 Å². The maximum Gasteiger partial charge on any atom is 0.00953 e. The molecule has 1 aliphatic heterocycles. The minimum absolute atomic E-state index is 0.803. The van der Waals surface area contributed by atoms with Crippen LogP contribution in [0.1, 0.15) is 39.0 Å². The van der Waals surface area contributed by atoms with Crippen LogP contribution in [0.15, 0.2) is 0 Å². The van der Waals surface area contributed by atoms with E-state index in [9.17, 15) is 0 Å². The van der Waals surface area contributed by atoms with Crippen LogP contribution in [-0.2, 0) is 0 Å². The summed E-state index contributed by atoms with van der Waals surface area (Å²) in [5.41, 5.74) is 0. The smallest absolute Gasteiger partial charge is 0.00953 e. The zero-order chi connectivity index (χ0) is 9.97. The standard InChI is InChI=1S/C12H24N2/c1-10-4-3-5-12(10)13-11-6-8-14(2)9-7-11/h10-13H,3-9H2,1-2H3/t10-,12+/m0/s1. The second-order valence-electron chi connectivity index (χ2n) is 5.26. The van der Waals surface area contributed by atoms with Crippen LogP contribution in [0.5, 0.6) is 0 Å². The van der Waals surface area contributed by atoms with Gasteiger partial charge in [0.1, 0.15) is 0 Å². The Hall–Kier alpha value is -0.0800. The van der Waals surface area contributed by atoms with Gasteiger partial charge in [-0.3, -0.25) is 0 Å². The number of rotatable bonds is 2. The summed E-state index contributed by atoms with van der Waals surface area (Å²) in [6.07, 6.45) is 6.97. The molecule has 0 spiro atoms. The van der Waals surface area contributed by atoms with Crippen LogP contribution in [0.4, 0.5) is 0 Å². The molecule has 0 aromatic rings. The number of nitrogens with zero attached hydrogens (tertiary/aromatic N) is 1. The minimum Gasteiger partial charge on any atom is -0.311 e. The van der Waals surface area contributed by atoms with E-state index in [1.54, 1.807) is 0 Å². The highest BCUT2D eigenvalue weighted by Gasteiger charge is 2.26. The summed E-state index contributed by atoms with van der Waals surface area (Å²) in [7, 11) is 2.23. The number of hydrogen-bond donors (Lipinski definition) is 1. The number of piperidine rings is 1. The van der Waals surface area contributed by atoms with Gasteiger partial charge in [-0.2, -0.15) is 0 Å². The Morgan fingerprint density at radius 2 is 1.79 bits per heavy atom. The molecule has 0 amide bonds. The Morgan fingerprint density at radius 1 is 1.07 bits per heavy atom. The van der Waals surface area contributed by atoms with Crippen molar-refractivity contribution in [3.8, 4) is 0 Å². The first-order valence-electron chi connectivity index (χ1n) is 6.20. The maximum absolute atomic E-state index is 3.86. The molecule has 1 saturated carbocycles. The number of nitrogens with one attached hydrogen (secondary N) is 1. The van der Waals surface area contributed by atoms with Crippen molar-refractivity contribution in [2.24, 2.45) is 5.92 Å². The van der Waals surface area contributed by atoms with Gasteiger partial charge in [-0.1, -0.05) is 13.3 Å². The monoisotopic (exact) mass is 196 g/mol. The Bertz CT molecular complexity index is 173. The molecule has 1 N–H and O–H groups in total. The van der Waals surface area contributed by atoms with Gasteiger partial charge in [0.2, 0.25) is 0 Å². The molecule has 14 heavy (non-hydrogen) atoms. The predicted octanol–water partition coefficient (Wildman–Crippen LogP) is 1.86. The molecule has 1 saturated heterocycles. The molecule has 82 valence electrons. The van der Waals surface area contributed by atoms with Gasteiger partial charge in [-0.15, -0.1) is 0 Å². The SMILES string of the molecule is C[C@H]1CCC[C@H]1NC1CCN(C)CC1. The molecule has 0 radical (unpaired) electrons. The molecule has 1 heterocycles. The van der Waals surface area contributed by atoms with Crippen LogP contribution in [0.2, 0.25) is 0 Å². The van der Waals surface area contributed by atoms with Gasteiger partial charge < -0.3 is 10.2 Å². The van der Waals surface area contributed by atoms with E-state index in [4.69, 9.17) is 0 Å². The molecule has 0 aromatic carbocycles. The quantitative estimate of drug-likeness (QED) is 0.725. The lowest BCUT2D eigenvalue weighted by Crippen LogP contribution is -2.45. The average molecular weight is 196 g/mol. The van der Waals surface area contributed by atoms with E-state index in [-0.39, 0.29) is 0 Å². The van der Waals surface area contributed by atoms with Crippen molar-refractivity contribution in [1.82, 2.24) is 10.2 Å². The molecular weight excluding hydrogens is 172 g/mol. The molecule has 2 nitrogen and oxygen atoms in total. The second kappa shape index (κ2) is 4.63. The molecule has 2 atom stereocenters. The molecule has 2 rings (SSSR count). The fraction of sp³-hybridized carbons (Fsp3) is 1.00. The van der Waals surface area contributed by atoms with Crippen molar-refractivity contribution in [3.63, 3.8) is 0 Å². The van der Waals surface area contributed by atoms with Gasteiger partial charge in [0.05, 0.1) is 0 Å². The van der Waals surface area contributed by atoms with Crippen molar-refractivity contribution in [2.75, 3.05) is 20.1 Å². The lowest BCUT2D eigenvalue weighted by Gasteiger charge is -2.32. The van der Waals surface area contributed by atoms with Crippen molar-refractivity contribution in [3.05, 3.63) is 0 Å². The van der Waals surface area contributed by atoms with E-state index in [2.05, 4.69) is 24.2 Å². The minimum atomic E-state index is 0.803. The lowest BCUT2D eigenvalue weighted by atomic mass is 10.0. The van der Waals surface area contributed by atoms with Gasteiger partial charge in [-0.05, 0) is 51.7 Å². The Balaban J connectivity index is 1.74. The fourth-order valence-corrected chi connectivity index (χ4v) is 2.87. The van der Waals surface area contributed by atoms with Crippen LogP contribution in [0, 0.1) is 5.92 Å². The van der Waals surface area contributed by atoms with E-state index >= 15 is 0 Å². The van der Waals surface area contributed by atoms with E-state index in [0.717, 1.165) is 18.0 Å². The first-order valence-corrected chi connectivity index (χ1v) is 6.20. The van der Waals surface area contributed by atoms with Gasteiger partial charge in [0.25, 0.3) is 0 Å². The Kier molecular flexibility index (Phi) is 3.45. The number of likely N-dealkylation sites (tertiary alicyclic amines) is 1. The summed E-state index contributed by atoms with van der Waals surface area (Å²) in [5.74, 6) is 0.912. The van der Waals surface area contributed by atoms with Gasteiger partial charge in [0, 0.05) is 12.1 Å². The largest absolute Gasteiger partial charge is 0.311 e. The van der Waals surface area contributed by atoms with E-state index in [1.165, 1.54) is 45.2 Å². The fourth-order valence-electron chi connectivity index (χ4n) is 2.87. The molecule has 0 aromatic heterocycles. The summed E-state index contributed by atoms with van der Waals surface area (Å²) >= 11 is 0. The molecule has 2 fully saturated rings. The highest BCUT2D eigenvalue weighted by molar-refractivity contribution is 4.85.